The van der Waals surface area contributed by atoms with Crippen LogP contribution in [0.1, 0.15) is 25.6 Å². The first-order chi connectivity index (χ1) is 7.06. The minimum Gasteiger partial charge on any atom is -0.357 e. The molecule has 0 unspecified atom stereocenters. The number of aromatic nitrogens is 2. The van der Waals surface area contributed by atoms with Gasteiger partial charge in [-0.3, -0.25) is 0 Å². The summed E-state index contributed by atoms with van der Waals surface area (Å²) in [5.74, 6) is 2.10. The van der Waals surface area contributed by atoms with Crippen molar-refractivity contribution >= 4 is 21.7 Å². The first-order valence-electron chi connectivity index (χ1n) is 5.00. The van der Waals surface area contributed by atoms with Crippen molar-refractivity contribution in [1.29, 1.82) is 0 Å². The number of nitrogens with zero attached hydrogens (tertiary/aromatic N) is 3. The van der Waals surface area contributed by atoms with Crippen LogP contribution in [0.15, 0.2) is 10.7 Å². The van der Waals surface area contributed by atoms with Crippen molar-refractivity contribution in [3.8, 4) is 0 Å². The molecule has 0 saturated heterocycles. The average Bonchev–Trinajstić information content (AvgIpc) is 2.18. The molecule has 0 atom stereocenters. The molecule has 84 valence electrons. The molecule has 0 aliphatic carbocycles. The lowest BCUT2D eigenvalue weighted by Gasteiger charge is -2.19. The Balaban J connectivity index is 2.99. The molecule has 1 aromatic heterocycles. The molecule has 4 nitrogen and oxygen atoms in total. The molecular formula is C10H17BrN4. The predicted molar refractivity (Wildman–Crippen MR) is 66.1 cm³/mol. The lowest BCUT2D eigenvalue weighted by molar-refractivity contribution is 0.759. The summed E-state index contributed by atoms with van der Waals surface area (Å²) in [4.78, 5) is 10.8. The molecule has 0 radical (unpaired) electrons. The van der Waals surface area contributed by atoms with Gasteiger partial charge in [0.25, 0.3) is 0 Å². The Kier molecular flexibility index (Phi) is 4.47. The standard InChI is InChI=1S/C10H17BrN4/c1-7(2)9-13-6-8(11)10(14-9)15(3)5-4-12/h6-7H,4-5,12H2,1-3H3. The molecule has 0 aliphatic rings. The number of likely N-dealkylation sites (N-methyl/N-ethyl adjacent to an activating group) is 1. The Hall–Kier alpha value is -0.680. The Morgan fingerprint density at radius 2 is 2.20 bits per heavy atom. The molecule has 1 heterocycles. The summed E-state index contributed by atoms with van der Waals surface area (Å²) in [6, 6.07) is 0. The highest BCUT2D eigenvalue weighted by Crippen LogP contribution is 2.23. The summed E-state index contributed by atoms with van der Waals surface area (Å²) >= 11 is 3.44. The van der Waals surface area contributed by atoms with E-state index in [9.17, 15) is 0 Å². The highest BCUT2D eigenvalue weighted by molar-refractivity contribution is 9.10. The number of halogens is 1. The summed E-state index contributed by atoms with van der Waals surface area (Å²) in [7, 11) is 1.98. The van der Waals surface area contributed by atoms with Crippen molar-refractivity contribution in [2.75, 3.05) is 25.0 Å². The van der Waals surface area contributed by atoms with Gasteiger partial charge in [-0.15, -0.1) is 0 Å². The van der Waals surface area contributed by atoms with E-state index in [1.165, 1.54) is 0 Å². The van der Waals surface area contributed by atoms with Crippen LogP contribution in [-0.4, -0.2) is 30.1 Å². The van der Waals surface area contributed by atoms with E-state index in [-0.39, 0.29) is 0 Å². The molecule has 0 spiro atoms. The maximum absolute atomic E-state index is 5.51. The van der Waals surface area contributed by atoms with Crippen LogP contribution in [0.5, 0.6) is 0 Å². The predicted octanol–water partition coefficient (Wildman–Crippen LogP) is 1.76. The van der Waals surface area contributed by atoms with E-state index in [1.54, 1.807) is 6.20 Å². The van der Waals surface area contributed by atoms with E-state index in [0.717, 1.165) is 22.7 Å². The smallest absolute Gasteiger partial charge is 0.146 e. The van der Waals surface area contributed by atoms with E-state index >= 15 is 0 Å². The number of hydrogen-bond acceptors (Lipinski definition) is 4. The van der Waals surface area contributed by atoms with E-state index in [2.05, 4.69) is 39.7 Å². The zero-order valence-electron chi connectivity index (χ0n) is 9.37. The number of nitrogens with two attached hydrogens (primary N) is 1. The van der Waals surface area contributed by atoms with Gasteiger partial charge in [-0.25, -0.2) is 9.97 Å². The van der Waals surface area contributed by atoms with Crippen molar-refractivity contribution in [1.82, 2.24) is 9.97 Å². The Bertz CT molecular complexity index is 327. The quantitative estimate of drug-likeness (QED) is 0.908. The van der Waals surface area contributed by atoms with Crippen LogP contribution in [0.4, 0.5) is 5.82 Å². The molecule has 0 fully saturated rings. The lowest BCUT2D eigenvalue weighted by atomic mass is 10.2. The molecule has 0 bridgehead atoms. The summed E-state index contributed by atoms with van der Waals surface area (Å²) in [5.41, 5.74) is 5.51. The maximum atomic E-state index is 5.51. The van der Waals surface area contributed by atoms with E-state index < -0.39 is 0 Å². The molecule has 15 heavy (non-hydrogen) atoms. The molecule has 1 rings (SSSR count). The molecule has 5 heteroatoms. The second kappa shape index (κ2) is 5.42. The first-order valence-corrected chi connectivity index (χ1v) is 5.79. The fraction of sp³-hybridized carbons (Fsp3) is 0.600. The van der Waals surface area contributed by atoms with Gasteiger partial charge in [-0.2, -0.15) is 0 Å². The molecular weight excluding hydrogens is 256 g/mol. The second-order valence-electron chi connectivity index (χ2n) is 3.76. The van der Waals surface area contributed by atoms with Crippen LogP contribution in [0, 0.1) is 0 Å². The van der Waals surface area contributed by atoms with Crippen molar-refractivity contribution in [3.63, 3.8) is 0 Å². The van der Waals surface area contributed by atoms with Crippen LogP contribution in [0.25, 0.3) is 0 Å². The van der Waals surface area contributed by atoms with Crippen LogP contribution in [0.3, 0.4) is 0 Å². The summed E-state index contributed by atoms with van der Waals surface area (Å²) in [5, 5.41) is 0. The Morgan fingerprint density at radius 3 is 2.73 bits per heavy atom. The summed E-state index contributed by atoms with van der Waals surface area (Å²) < 4.78 is 0.905. The van der Waals surface area contributed by atoms with Crippen LogP contribution in [-0.2, 0) is 0 Å². The molecule has 2 N–H and O–H groups in total. The number of hydrogen-bond donors (Lipinski definition) is 1. The summed E-state index contributed by atoms with van der Waals surface area (Å²) in [6.45, 7) is 5.56. The van der Waals surface area contributed by atoms with E-state index in [0.29, 0.717) is 12.5 Å². The highest BCUT2D eigenvalue weighted by Gasteiger charge is 2.10. The zero-order chi connectivity index (χ0) is 11.4. The van der Waals surface area contributed by atoms with E-state index in [4.69, 9.17) is 5.73 Å². The largest absolute Gasteiger partial charge is 0.357 e. The third kappa shape index (κ3) is 3.14. The normalized spacial score (nSPS) is 10.8. The molecule has 1 aromatic rings. The van der Waals surface area contributed by atoms with Crippen molar-refractivity contribution in [3.05, 3.63) is 16.5 Å². The van der Waals surface area contributed by atoms with Gasteiger partial charge in [0, 0.05) is 32.3 Å². The Labute approximate surface area is 99.0 Å². The topological polar surface area (TPSA) is 55.0 Å². The van der Waals surface area contributed by atoms with Crippen LogP contribution >= 0.6 is 15.9 Å². The van der Waals surface area contributed by atoms with Gasteiger partial charge in [0.2, 0.25) is 0 Å². The van der Waals surface area contributed by atoms with Gasteiger partial charge in [0.15, 0.2) is 0 Å². The average molecular weight is 273 g/mol. The monoisotopic (exact) mass is 272 g/mol. The van der Waals surface area contributed by atoms with Crippen molar-refractivity contribution in [2.24, 2.45) is 5.73 Å². The summed E-state index contributed by atoms with van der Waals surface area (Å²) in [6.07, 6.45) is 1.80. The van der Waals surface area contributed by atoms with Crippen molar-refractivity contribution in [2.45, 2.75) is 19.8 Å². The fourth-order valence-corrected chi connectivity index (χ4v) is 1.71. The fourth-order valence-electron chi connectivity index (χ4n) is 1.22. The van der Waals surface area contributed by atoms with Crippen LogP contribution in [0.2, 0.25) is 0 Å². The van der Waals surface area contributed by atoms with Gasteiger partial charge < -0.3 is 10.6 Å². The SMILES string of the molecule is CC(C)c1ncc(Br)c(N(C)CCN)n1. The first kappa shape index (κ1) is 12.4. The Morgan fingerprint density at radius 1 is 1.53 bits per heavy atom. The van der Waals surface area contributed by atoms with Crippen molar-refractivity contribution < 1.29 is 0 Å². The number of anilines is 1. The van der Waals surface area contributed by atoms with E-state index in [1.807, 2.05) is 11.9 Å². The molecule has 0 aromatic carbocycles. The minimum atomic E-state index is 0.336. The highest BCUT2D eigenvalue weighted by atomic mass is 79.9. The number of rotatable bonds is 4. The third-order valence-corrected chi connectivity index (χ3v) is 2.65. The van der Waals surface area contributed by atoms with Gasteiger partial charge >= 0.3 is 0 Å². The van der Waals surface area contributed by atoms with Crippen LogP contribution < -0.4 is 10.6 Å². The third-order valence-electron chi connectivity index (χ3n) is 2.09. The molecule has 0 amide bonds. The van der Waals surface area contributed by atoms with Gasteiger partial charge in [-0.1, -0.05) is 13.8 Å². The lowest BCUT2D eigenvalue weighted by Crippen LogP contribution is -2.26. The van der Waals surface area contributed by atoms with Gasteiger partial charge in [-0.05, 0) is 15.9 Å². The molecule has 0 saturated carbocycles. The maximum Gasteiger partial charge on any atom is 0.146 e. The molecule has 0 aliphatic heterocycles. The zero-order valence-corrected chi connectivity index (χ0v) is 11.0. The van der Waals surface area contributed by atoms with Gasteiger partial charge in [0.1, 0.15) is 11.6 Å². The minimum absolute atomic E-state index is 0.336. The second-order valence-corrected chi connectivity index (χ2v) is 4.62. The van der Waals surface area contributed by atoms with Gasteiger partial charge in [0.05, 0.1) is 4.47 Å².